The highest BCUT2D eigenvalue weighted by Crippen LogP contribution is 2.24. The SMILES string of the molecule is CCc1cc(C(=O)N2CC(C)CCC2C)cc(NN)n1. The van der Waals surface area contributed by atoms with Crippen molar-refractivity contribution in [1.82, 2.24) is 9.88 Å². The van der Waals surface area contributed by atoms with Crippen molar-refractivity contribution in [2.75, 3.05) is 12.0 Å². The van der Waals surface area contributed by atoms with Crippen molar-refractivity contribution in [1.29, 1.82) is 0 Å². The molecule has 1 aromatic rings. The lowest BCUT2D eigenvalue weighted by Crippen LogP contribution is -2.45. The molecule has 0 bridgehead atoms. The molecule has 2 rings (SSSR count). The summed E-state index contributed by atoms with van der Waals surface area (Å²) >= 11 is 0. The predicted octanol–water partition coefficient (Wildman–Crippen LogP) is 2.19. The van der Waals surface area contributed by atoms with E-state index in [1.165, 1.54) is 6.42 Å². The number of aryl methyl sites for hydroxylation is 1. The number of nitrogens with zero attached hydrogens (tertiary/aromatic N) is 2. The van der Waals surface area contributed by atoms with E-state index < -0.39 is 0 Å². The van der Waals surface area contributed by atoms with E-state index in [2.05, 4.69) is 24.3 Å². The minimum Gasteiger partial charge on any atom is -0.336 e. The molecule has 0 radical (unpaired) electrons. The summed E-state index contributed by atoms with van der Waals surface area (Å²) in [6.07, 6.45) is 3.04. The number of nitrogens with two attached hydrogens (primary N) is 1. The van der Waals surface area contributed by atoms with Crippen molar-refractivity contribution in [3.8, 4) is 0 Å². The van der Waals surface area contributed by atoms with Crippen molar-refractivity contribution in [2.24, 2.45) is 11.8 Å². The number of aromatic nitrogens is 1. The monoisotopic (exact) mass is 276 g/mol. The van der Waals surface area contributed by atoms with Crippen LogP contribution in [0.5, 0.6) is 0 Å². The maximum absolute atomic E-state index is 12.7. The van der Waals surface area contributed by atoms with Gasteiger partial charge in [-0.3, -0.25) is 4.79 Å². The van der Waals surface area contributed by atoms with Gasteiger partial charge in [0.2, 0.25) is 0 Å². The number of piperidine rings is 1. The number of rotatable bonds is 3. The van der Waals surface area contributed by atoms with E-state index in [0.29, 0.717) is 23.3 Å². The lowest BCUT2D eigenvalue weighted by atomic mass is 9.94. The molecule has 110 valence electrons. The van der Waals surface area contributed by atoms with E-state index in [4.69, 9.17) is 5.84 Å². The second-order valence-electron chi connectivity index (χ2n) is 5.72. The number of amides is 1. The molecule has 1 fully saturated rings. The fourth-order valence-electron chi connectivity index (χ4n) is 2.70. The first-order valence-electron chi connectivity index (χ1n) is 7.33. The highest BCUT2D eigenvalue weighted by atomic mass is 16.2. The Morgan fingerprint density at radius 2 is 2.20 bits per heavy atom. The first-order valence-corrected chi connectivity index (χ1v) is 7.33. The number of nitrogen functional groups attached to an aromatic ring is 1. The third-order valence-electron chi connectivity index (χ3n) is 4.01. The van der Waals surface area contributed by atoms with Crippen molar-refractivity contribution in [3.05, 3.63) is 23.4 Å². The van der Waals surface area contributed by atoms with Gasteiger partial charge >= 0.3 is 0 Å². The van der Waals surface area contributed by atoms with Gasteiger partial charge in [-0.05, 0) is 44.2 Å². The maximum Gasteiger partial charge on any atom is 0.254 e. The van der Waals surface area contributed by atoms with Gasteiger partial charge in [0, 0.05) is 23.8 Å². The van der Waals surface area contributed by atoms with Gasteiger partial charge in [0.05, 0.1) is 0 Å². The number of likely N-dealkylation sites (tertiary alicyclic amines) is 1. The third-order valence-corrected chi connectivity index (χ3v) is 4.01. The van der Waals surface area contributed by atoms with Crippen LogP contribution in [0, 0.1) is 5.92 Å². The van der Waals surface area contributed by atoms with Crippen molar-refractivity contribution >= 4 is 11.7 Å². The fraction of sp³-hybridized carbons (Fsp3) is 0.600. The number of anilines is 1. The molecular formula is C15H24N4O. The highest BCUT2D eigenvalue weighted by Gasteiger charge is 2.28. The van der Waals surface area contributed by atoms with Crippen LogP contribution >= 0.6 is 0 Å². The standard InChI is InChI=1S/C15H24N4O/c1-4-13-7-12(8-14(17-13)18-16)15(20)19-9-10(2)5-6-11(19)3/h7-8,10-11H,4-6,9,16H2,1-3H3,(H,17,18). The Morgan fingerprint density at radius 3 is 2.85 bits per heavy atom. The molecule has 0 aliphatic carbocycles. The first-order chi connectivity index (χ1) is 9.55. The van der Waals surface area contributed by atoms with Gasteiger partial charge in [0.1, 0.15) is 5.82 Å². The summed E-state index contributed by atoms with van der Waals surface area (Å²) in [6.45, 7) is 7.16. The second kappa shape index (κ2) is 6.22. The number of hydrogen-bond acceptors (Lipinski definition) is 4. The zero-order valence-corrected chi connectivity index (χ0v) is 12.5. The van der Waals surface area contributed by atoms with Crippen LogP contribution in [0.3, 0.4) is 0 Å². The Labute approximate surface area is 120 Å². The zero-order valence-electron chi connectivity index (χ0n) is 12.5. The Bertz CT molecular complexity index is 467. The maximum atomic E-state index is 12.7. The van der Waals surface area contributed by atoms with E-state index in [1.807, 2.05) is 17.9 Å². The van der Waals surface area contributed by atoms with Crippen LogP contribution in [0.1, 0.15) is 49.7 Å². The lowest BCUT2D eigenvalue weighted by molar-refractivity contribution is 0.0574. The summed E-state index contributed by atoms with van der Waals surface area (Å²) in [5.74, 6) is 6.63. The third kappa shape index (κ3) is 3.10. The summed E-state index contributed by atoms with van der Waals surface area (Å²) < 4.78 is 0. The zero-order chi connectivity index (χ0) is 14.7. The van der Waals surface area contributed by atoms with Crippen LogP contribution in [0.2, 0.25) is 0 Å². The minimum atomic E-state index is 0.0812. The molecule has 1 amide bonds. The van der Waals surface area contributed by atoms with Gasteiger partial charge in [-0.2, -0.15) is 0 Å². The van der Waals surface area contributed by atoms with Gasteiger partial charge in [-0.1, -0.05) is 13.8 Å². The molecular weight excluding hydrogens is 252 g/mol. The molecule has 1 saturated heterocycles. The van der Waals surface area contributed by atoms with Crippen LogP contribution in [-0.2, 0) is 6.42 Å². The number of hydrazine groups is 1. The average molecular weight is 276 g/mol. The molecule has 3 N–H and O–H groups in total. The van der Waals surface area contributed by atoms with Crippen LogP contribution in [0.15, 0.2) is 12.1 Å². The molecule has 20 heavy (non-hydrogen) atoms. The van der Waals surface area contributed by atoms with Crippen LogP contribution in [-0.4, -0.2) is 28.4 Å². The normalized spacial score (nSPS) is 22.7. The Kier molecular flexibility index (Phi) is 4.60. The van der Waals surface area contributed by atoms with E-state index in [1.54, 1.807) is 6.07 Å². The quantitative estimate of drug-likeness (QED) is 0.656. The smallest absolute Gasteiger partial charge is 0.254 e. The topological polar surface area (TPSA) is 71.2 Å². The van der Waals surface area contributed by atoms with E-state index in [9.17, 15) is 4.79 Å². The number of carbonyl (C=O) groups is 1. The van der Waals surface area contributed by atoms with Gasteiger partial charge in [-0.15, -0.1) is 0 Å². The van der Waals surface area contributed by atoms with Gasteiger partial charge in [0.25, 0.3) is 5.91 Å². The van der Waals surface area contributed by atoms with Crippen LogP contribution in [0.4, 0.5) is 5.82 Å². The molecule has 5 heteroatoms. The second-order valence-corrected chi connectivity index (χ2v) is 5.72. The molecule has 0 aromatic carbocycles. The minimum absolute atomic E-state index is 0.0812. The molecule has 5 nitrogen and oxygen atoms in total. The van der Waals surface area contributed by atoms with Crippen LogP contribution in [0.25, 0.3) is 0 Å². The number of carbonyl (C=O) groups excluding carboxylic acids is 1. The first kappa shape index (κ1) is 14.8. The molecule has 2 atom stereocenters. The summed E-state index contributed by atoms with van der Waals surface area (Å²) in [5.41, 5.74) is 4.09. The number of hydrogen-bond donors (Lipinski definition) is 2. The van der Waals surface area contributed by atoms with E-state index >= 15 is 0 Å². The molecule has 2 unspecified atom stereocenters. The summed E-state index contributed by atoms with van der Waals surface area (Å²) in [6, 6.07) is 3.90. The molecule has 2 heterocycles. The molecule has 1 aromatic heterocycles. The van der Waals surface area contributed by atoms with Gasteiger partial charge in [-0.25, -0.2) is 10.8 Å². The van der Waals surface area contributed by atoms with Crippen LogP contribution < -0.4 is 11.3 Å². The van der Waals surface area contributed by atoms with E-state index in [0.717, 1.165) is 25.1 Å². The van der Waals surface area contributed by atoms with E-state index in [-0.39, 0.29) is 5.91 Å². The van der Waals surface area contributed by atoms with Gasteiger partial charge < -0.3 is 10.3 Å². The summed E-state index contributed by atoms with van der Waals surface area (Å²) in [4.78, 5) is 19.0. The Balaban J connectivity index is 2.27. The molecule has 0 saturated carbocycles. The largest absolute Gasteiger partial charge is 0.336 e. The summed E-state index contributed by atoms with van der Waals surface area (Å²) in [5, 5.41) is 0. The van der Waals surface area contributed by atoms with Crippen molar-refractivity contribution in [2.45, 2.75) is 46.1 Å². The summed E-state index contributed by atoms with van der Waals surface area (Å²) in [7, 11) is 0. The lowest BCUT2D eigenvalue weighted by Gasteiger charge is -2.37. The van der Waals surface area contributed by atoms with Gasteiger partial charge in [0.15, 0.2) is 0 Å². The van der Waals surface area contributed by atoms with Crippen molar-refractivity contribution < 1.29 is 4.79 Å². The van der Waals surface area contributed by atoms with Crippen molar-refractivity contribution in [3.63, 3.8) is 0 Å². The Hall–Kier alpha value is -1.62. The number of nitrogens with one attached hydrogen (secondary N) is 1. The molecule has 1 aliphatic rings. The molecule has 0 spiro atoms. The number of pyridine rings is 1. The fourth-order valence-corrected chi connectivity index (χ4v) is 2.70. The Morgan fingerprint density at radius 1 is 1.45 bits per heavy atom. The predicted molar refractivity (Wildman–Crippen MR) is 80.3 cm³/mol. The highest BCUT2D eigenvalue weighted by molar-refractivity contribution is 5.95. The average Bonchev–Trinajstić information content (AvgIpc) is 2.48. The molecule has 1 aliphatic heterocycles.